The number of amides is 2. The molecule has 0 spiro atoms. The van der Waals surface area contributed by atoms with Gasteiger partial charge in [0, 0.05) is 49.7 Å². The van der Waals surface area contributed by atoms with Crippen LogP contribution in [0.3, 0.4) is 0 Å². The zero-order valence-electron chi connectivity index (χ0n) is 14.8. The Hall–Kier alpha value is -2.93. The predicted molar refractivity (Wildman–Crippen MR) is 104 cm³/mol. The number of H-pyrrole nitrogens is 1. The van der Waals surface area contributed by atoms with Crippen LogP contribution in [-0.2, 0) is 19.4 Å². The van der Waals surface area contributed by atoms with Crippen molar-refractivity contribution in [1.29, 1.82) is 0 Å². The number of aromatic amines is 1. The van der Waals surface area contributed by atoms with Gasteiger partial charge in [-0.25, -0.2) is 4.98 Å². The second-order valence-electron chi connectivity index (χ2n) is 6.45. The van der Waals surface area contributed by atoms with Gasteiger partial charge in [0.2, 0.25) is 0 Å². The minimum absolute atomic E-state index is 0.0345. The molecule has 1 aromatic carbocycles. The maximum atomic E-state index is 12.5. The highest BCUT2D eigenvalue weighted by atomic mass is 32.1. The van der Waals surface area contributed by atoms with Crippen molar-refractivity contribution in [2.24, 2.45) is 0 Å². The van der Waals surface area contributed by atoms with Crippen LogP contribution in [-0.4, -0.2) is 39.8 Å². The van der Waals surface area contributed by atoms with E-state index in [2.05, 4.69) is 15.3 Å². The number of aromatic nitrogens is 2. The lowest BCUT2D eigenvalue weighted by molar-refractivity contribution is 0.0762. The standard InChI is InChI=1S/C20H20N4O2S/c25-18(22-12-14-4-2-1-3-5-14)19-23-16-7-10-24(11-8-17(16)27-19)20(26)15-6-9-21-13-15/h1-6,9,13,21H,7-8,10-12H2,(H,22,25). The largest absolute Gasteiger partial charge is 0.367 e. The fourth-order valence-electron chi connectivity index (χ4n) is 3.16. The molecule has 4 rings (SSSR count). The summed E-state index contributed by atoms with van der Waals surface area (Å²) in [5.74, 6) is -0.107. The van der Waals surface area contributed by atoms with Gasteiger partial charge in [-0.05, 0) is 11.6 Å². The molecule has 2 amide bonds. The predicted octanol–water partition coefficient (Wildman–Crippen LogP) is 2.64. The van der Waals surface area contributed by atoms with E-state index in [-0.39, 0.29) is 11.8 Å². The van der Waals surface area contributed by atoms with Crippen molar-refractivity contribution in [3.05, 3.63) is 75.5 Å². The molecule has 3 aromatic rings. The molecular weight excluding hydrogens is 360 g/mol. The summed E-state index contributed by atoms with van der Waals surface area (Å²) in [7, 11) is 0. The molecule has 0 saturated heterocycles. The molecule has 0 radical (unpaired) electrons. The van der Waals surface area contributed by atoms with Crippen molar-refractivity contribution < 1.29 is 9.59 Å². The van der Waals surface area contributed by atoms with Gasteiger partial charge in [-0.3, -0.25) is 9.59 Å². The lowest BCUT2D eigenvalue weighted by Gasteiger charge is -2.19. The molecular formula is C20H20N4O2S. The molecule has 27 heavy (non-hydrogen) atoms. The molecule has 7 heteroatoms. The normalized spacial score (nSPS) is 13.7. The van der Waals surface area contributed by atoms with Crippen LogP contribution in [0.5, 0.6) is 0 Å². The molecule has 0 bridgehead atoms. The van der Waals surface area contributed by atoms with Crippen molar-refractivity contribution in [1.82, 2.24) is 20.2 Å². The summed E-state index contributed by atoms with van der Waals surface area (Å²) >= 11 is 1.44. The lowest BCUT2D eigenvalue weighted by Crippen LogP contribution is -2.33. The van der Waals surface area contributed by atoms with E-state index in [4.69, 9.17) is 0 Å². The van der Waals surface area contributed by atoms with Crippen LogP contribution in [0.1, 0.15) is 36.3 Å². The van der Waals surface area contributed by atoms with Crippen LogP contribution in [0.4, 0.5) is 0 Å². The Labute approximate surface area is 161 Å². The molecule has 1 aliphatic heterocycles. The molecule has 3 heterocycles. The van der Waals surface area contributed by atoms with Gasteiger partial charge in [0.25, 0.3) is 11.8 Å². The molecule has 0 aliphatic carbocycles. The minimum atomic E-state index is -0.141. The zero-order chi connectivity index (χ0) is 18.6. The monoisotopic (exact) mass is 380 g/mol. The number of nitrogens with zero attached hydrogens (tertiary/aromatic N) is 2. The van der Waals surface area contributed by atoms with Gasteiger partial charge >= 0.3 is 0 Å². The molecule has 2 aromatic heterocycles. The van der Waals surface area contributed by atoms with Crippen LogP contribution in [0, 0.1) is 0 Å². The van der Waals surface area contributed by atoms with Crippen molar-refractivity contribution in [3.63, 3.8) is 0 Å². The Kier molecular flexibility index (Phi) is 5.02. The first-order valence-electron chi connectivity index (χ1n) is 8.93. The van der Waals surface area contributed by atoms with E-state index >= 15 is 0 Å². The Morgan fingerprint density at radius 3 is 2.74 bits per heavy atom. The van der Waals surface area contributed by atoms with Crippen LogP contribution in [0.25, 0.3) is 0 Å². The van der Waals surface area contributed by atoms with Crippen LogP contribution in [0.15, 0.2) is 48.8 Å². The Bertz CT molecular complexity index is 909. The van der Waals surface area contributed by atoms with Crippen LogP contribution >= 0.6 is 11.3 Å². The van der Waals surface area contributed by atoms with Gasteiger partial charge in [0.05, 0.1) is 11.3 Å². The van der Waals surface area contributed by atoms with E-state index in [0.29, 0.717) is 36.6 Å². The highest BCUT2D eigenvalue weighted by Gasteiger charge is 2.24. The quantitative estimate of drug-likeness (QED) is 0.730. The van der Waals surface area contributed by atoms with Gasteiger partial charge in [-0.15, -0.1) is 11.3 Å². The van der Waals surface area contributed by atoms with E-state index in [9.17, 15) is 9.59 Å². The van der Waals surface area contributed by atoms with Crippen molar-refractivity contribution >= 4 is 23.2 Å². The number of rotatable bonds is 4. The Morgan fingerprint density at radius 2 is 1.96 bits per heavy atom. The molecule has 6 nitrogen and oxygen atoms in total. The Morgan fingerprint density at radius 1 is 1.15 bits per heavy atom. The first-order valence-corrected chi connectivity index (χ1v) is 9.75. The minimum Gasteiger partial charge on any atom is -0.367 e. The maximum absolute atomic E-state index is 12.5. The Balaban J connectivity index is 1.38. The number of nitrogens with one attached hydrogen (secondary N) is 2. The summed E-state index contributed by atoms with van der Waals surface area (Å²) in [4.78, 5) is 35.3. The van der Waals surface area contributed by atoms with Gasteiger partial charge in [-0.2, -0.15) is 0 Å². The summed E-state index contributed by atoms with van der Waals surface area (Å²) in [6.07, 6.45) is 4.88. The maximum Gasteiger partial charge on any atom is 0.280 e. The summed E-state index contributed by atoms with van der Waals surface area (Å²) in [5.41, 5.74) is 2.67. The van der Waals surface area contributed by atoms with Crippen LogP contribution in [0.2, 0.25) is 0 Å². The number of benzene rings is 1. The smallest absolute Gasteiger partial charge is 0.280 e. The number of carbonyl (C=O) groups is 2. The molecule has 2 N–H and O–H groups in total. The molecule has 138 valence electrons. The number of fused-ring (bicyclic) bond motifs is 1. The average molecular weight is 380 g/mol. The molecule has 0 unspecified atom stereocenters. The van der Waals surface area contributed by atoms with E-state index < -0.39 is 0 Å². The molecule has 0 saturated carbocycles. The fourth-order valence-corrected chi connectivity index (χ4v) is 4.17. The number of hydrogen-bond acceptors (Lipinski definition) is 4. The fraction of sp³-hybridized carbons (Fsp3) is 0.250. The second-order valence-corrected chi connectivity index (χ2v) is 7.53. The first-order chi connectivity index (χ1) is 13.2. The number of hydrogen-bond donors (Lipinski definition) is 2. The van der Waals surface area contributed by atoms with Gasteiger partial charge in [-0.1, -0.05) is 30.3 Å². The summed E-state index contributed by atoms with van der Waals surface area (Å²) in [5, 5.41) is 3.43. The van der Waals surface area contributed by atoms with Crippen LogP contribution < -0.4 is 5.32 Å². The zero-order valence-corrected chi connectivity index (χ0v) is 15.6. The summed E-state index contributed by atoms with van der Waals surface area (Å²) < 4.78 is 0. The van der Waals surface area contributed by atoms with E-state index in [0.717, 1.165) is 22.6 Å². The third kappa shape index (κ3) is 3.93. The number of carbonyl (C=O) groups excluding carboxylic acids is 2. The topological polar surface area (TPSA) is 78.1 Å². The molecule has 0 atom stereocenters. The van der Waals surface area contributed by atoms with E-state index in [1.54, 1.807) is 18.5 Å². The van der Waals surface area contributed by atoms with Gasteiger partial charge in [0.1, 0.15) is 0 Å². The van der Waals surface area contributed by atoms with E-state index in [1.165, 1.54) is 11.3 Å². The van der Waals surface area contributed by atoms with Gasteiger partial charge < -0.3 is 15.2 Å². The van der Waals surface area contributed by atoms with Crippen molar-refractivity contribution in [2.75, 3.05) is 13.1 Å². The van der Waals surface area contributed by atoms with Gasteiger partial charge in [0.15, 0.2) is 5.01 Å². The van der Waals surface area contributed by atoms with E-state index in [1.807, 2.05) is 35.2 Å². The summed E-state index contributed by atoms with van der Waals surface area (Å²) in [6, 6.07) is 11.6. The van der Waals surface area contributed by atoms with Crippen molar-refractivity contribution in [3.8, 4) is 0 Å². The highest BCUT2D eigenvalue weighted by Crippen LogP contribution is 2.23. The molecule has 1 aliphatic rings. The third-order valence-corrected chi connectivity index (χ3v) is 5.78. The average Bonchev–Trinajstić information content (AvgIpc) is 3.33. The lowest BCUT2D eigenvalue weighted by atomic mass is 10.2. The third-order valence-electron chi connectivity index (χ3n) is 4.63. The summed E-state index contributed by atoms with van der Waals surface area (Å²) in [6.45, 7) is 1.75. The first kappa shape index (κ1) is 17.5. The second kappa shape index (κ2) is 7.75. The SMILES string of the molecule is O=C(NCc1ccccc1)c1nc2c(s1)CCN(C(=O)c1cc[nH]c1)CC2. The highest BCUT2D eigenvalue weighted by molar-refractivity contribution is 7.13. The van der Waals surface area contributed by atoms with Crippen molar-refractivity contribution in [2.45, 2.75) is 19.4 Å². The number of thiazole rings is 1. The molecule has 0 fully saturated rings.